The van der Waals surface area contributed by atoms with E-state index in [-0.39, 0.29) is 6.10 Å². The average molecular weight is 342 g/mol. The lowest BCUT2D eigenvalue weighted by Gasteiger charge is -2.41. The zero-order valence-electron chi connectivity index (χ0n) is 15.4. The first-order chi connectivity index (χ1) is 12.2. The molecule has 0 unspecified atom stereocenters. The lowest BCUT2D eigenvalue weighted by molar-refractivity contribution is 0.0325. The first kappa shape index (κ1) is 18.1. The van der Waals surface area contributed by atoms with Crippen molar-refractivity contribution in [1.82, 2.24) is 19.4 Å². The molecule has 0 bridgehead atoms. The zero-order valence-corrected chi connectivity index (χ0v) is 15.4. The number of β-amino-alcohol motifs (C(OH)–C–C–N with tert-alkyl or cyclic N) is 1. The van der Waals surface area contributed by atoms with E-state index in [1.807, 2.05) is 13.1 Å². The molecule has 0 saturated carbocycles. The topological polar surface area (TPSA) is 44.5 Å². The van der Waals surface area contributed by atoms with Crippen LogP contribution in [0.15, 0.2) is 42.7 Å². The smallest absolute Gasteiger partial charge is 0.123 e. The normalized spacial score (nSPS) is 20.7. The fraction of sp³-hybridized carbons (Fsp3) is 0.550. The van der Waals surface area contributed by atoms with Crippen LogP contribution >= 0.6 is 0 Å². The second-order valence-corrected chi connectivity index (χ2v) is 7.10. The van der Waals surface area contributed by atoms with Gasteiger partial charge >= 0.3 is 0 Å². The average Bonchev–Trinajstić information content (AvgIpc) is 3.03. The molecule has 2 atom stereocenters. The van der Waals surface area contributed by atoms with Crippen LogP contribution in [0.3, 0.4) is 0 Å². The summed E-state index contributed by atoms with van der Waals surface area (Å²) < 4.78 is 2.25. The standard InChI is InChI=1S/C20H30N4O/c1-3-19-15-22(11-12-23(19)13-17(2)25)16-20-21-9-10-24(20)14-18-7-5-4-6-8-18/h4-10,17,19,25H,3,11-16H2,1-2H3/t17-,19+/m1/s1. The molecule has 0 aliphatic carbocycles. The van der Waals surface area contributed by atoms with Gasteiger partial charge in [0.15, 0.2) is 0 Å². The lowest BCUT2D eigenvalue weighted by atomic mass is 10.1. The number of benzene rings is 1. The monoisotopic (exact) mass is 342 g/mol. The van der Waals surface area contributed by atoms with Gasteiger partial charge in [-0.15, -0.1) is 0 Å². The molecule has 1 fully saturated rings. The molecule has 2 aromatic rings. The van der Waals surface area contributed by atoms with Gasteiger partial charge in [-0.3, -0.25) is 9.80 Å². The molecule has 0 amide bonds. The van der Waals surface area contributed by atoms with Gasteiger partial charge in [0.05, 0.1) is 12.6 Å². The molecule has 1 aromatic heterocycles. The molecule has 5 heteroatoms. The number of aliphatic hydroxyl groups excluding tert-OH is 1. The number of imidazole rings is 1. The van der Waals surface area contributed by atoms with Crippen molar-refractivity contribution in [2.24, 2.45) is 0 Å². The van der Waals surface area contributed by atoms with Crippen LogP contribution in [0.2, 0.25) is 0 Å². The molecule has 1 aliphatic rings. The molecular weight excluding hydrogens is 312 g/mol. The molecule has 136 valence electrons. The molecule has 2 heterocycles. The molecule has 3 rings (SSSR count). The Morgan fingerprint density at radius 3 is 2.72 bits per heavy atom. The predicted octanol–water partition coefficient (Wildman–Crippen LogP) is 2.21. The number of aliphatic hydroxyl groups is 1. The number of aromatic nitrogens is 2. The van der Waals surface area contributed by atoms with Gasteiger partial charge in [-0.2, -0.15) is 0 Å². The fourth-order valence-corrected chi connectivity index (χ4v) is 3.68. The largest absolute Gasteiger partial charge is 0.392 e. The summed E-state index contributed by atoms with van der Waals surface area (Å²) in [5.74, 6) is 1.13. The van der Waals surface area contributed by atoms with E-state index in [1.54, 1.807) is 0 Å². The number of hydrogen-bond acceptors (Lipinski definition) is 4. The van der Waals surface area contributed by atoms with E-state index in [4.69, 9.17) is 0 Å². The molecule has 5 nitrogen and oxygen atoms in total. The van der Waals surface area contributed by atoms with Gasteiger partial charge in [0.25, 0.3) is 0 Å². The van der Waals surface area contributed by atoms with Gasteiger partial charge in [-0.05, 0) is 18.9 Å². The van der Waals surface area contributed by atoms with Crippen LogP contribution in [0.4, 0.5) is 0 Å². The third kappa shape index (κ3) is 4.91. The Kier molecular flexibility index (Phi) is 6.24. The fourth-order valence-electron chi connectivity index (χ4n) is 3.68. The minimum Gasteiger partial charge on any atom is -0.392 e. The Bertz CT molecular complexity index is 640. The highest BCUT2D eigenvalue weighted by Gasteiger charge is 2.27. The summed E-state index contributed by atoms with van der Waals surface area (Å²) in [6, 6.07) is 11.0. The molecule has 0 spiro atoms. The second kappa shape index (κ2) is 8.61. The summed E-state index contributed by atoms with van der Waals surface area (Å²) in [4.78, 5) is 9.52. The van der Waals surface area contributed by atoms with Crippen LogP contribution in [0.5, 0.6) is 0 Å². The number of hydrogen-bond donors (Lipinski definition) is 1. The Balaban J connectivity index is 1.61. The van der Waals surface area contributed by atoms with Gasteiger partial charge in [0.1, 0.15) is 5.82 Å². The van der Waals surface area contributed by atoms with E-state index in [2.05, 4.69) is 62.8 Å². The Hall–Kier alpha value is -1.69. The van der Waals surface area contributed by atoms with Crippen LogP contribution in [0.25, 0.3) is 0 Å². The molecule has 25 heavy (non-hydrogen) atoms. The summed E-state index contributed by atoms with van der Waals surface area (Å²) in [5.41, 5.74) is 1.30. The number of nitrogens with zero attached hydrogens (tertiary/aromatic N) is 4. The minimum atomic E-state index is -0.259. The second-order valence-electron chi connectivity index (χ2n) is 7.10. The van der Waals surface area contributed by atoms with E-state index >= 15 is 0 Å². The maximum absolute atomic E-state index is 9.70. The summed E-state index contributed by atoms with van der Waals surface area (Å²) >= 11 is 0. The summed E-state index contributed by atoms with van der Waals surface area (Å²) in [6.45, 7) is 9.73. The Morgan fingerprint density at radius 2 is 2.00 bits per heavy atom. The van der Waals surface area contributed by atoms with Crippen LogP contribution in [0, 0.1) is 0 Å². The van der Waals surface area contributed by atoms with Crippen LogP contribution < -0.4 is 0 Å². The molecule has 1 aliphatic heterocycles. The molecule has 1 saturated heterocycles. The van der Waals surface area contributed by atoms with Crippen LogP contribution in [-0.2, 0) is 13.1 Å². The van der Waals surface area contributed by atoms with Gasteiger partial charge in [-0.1, -0.05) is 37.3 Å². The van der Waals surface area contributed by atoms with Crippen LogP contribution in [0.1, 0.15) is 31.7 Å². The van der Waals surface area contributed by atoms with Crippen molar-refractivity contribution in [3.8, 4) is 0 Å². The molecule has 1 aromatic carbocycles. The maximum Gasteiger partial charge on any atom is 0.123 e. The first-order valence-corrected chi connectivity index (χ1v) is 9.34. The van der Waals surface area contributed by atoms with E-state index in [0.29, 0.717) is 6.04 Å². The van der Waals surface area contributed by atoms with Crippen LogP contribution in [-0.4, -0.2) is 62.8 Å². The summed E-state index contributed by atoms with van der Waals surface area (Å²) in [5, 5.41) is 9.70. The molecule has 1 N–H and O–H groups in total. The highest BCUT2D eigenvalue weighted by atomic mass is 16.3. The number of rotatable bonds is 7. The molecular formula is C20H30N4O. The van der Waals surface area contributed by atoms with Crippen molar-refractivity contribution in [3.63, 3.8) is 0 Å². The van der Waals surface area contributed by atoms with Crippen molar-refractivity contribution in [3.05, 3.63) is 54.1 Å². The van der Waals surface area contributed by atoms with E-state index in [0.717, 1.165) is 51.5 Å². The van der Waals surface area contributed by atoms with Crippen molar-refractivity contribution in [2.45, 2.75) is 45.5 Å². The summed E-state index contributed by atoms with van der Waals surface area (Å²) in [7, 11) is 0. The Labute approximate surface area is 150 Å². The van der Waals surface area contributed by atoms with Gasteiger partial charge in [0, 0.05) is 51.2 Å². The van der Waals surface area contributed by atoms with Gasteiger partial charge in [-0.25, -0.2) is 4.98 Å². The zero-order chi connectivity index (χ0) is 17.6. The van der Waals surface area contributed by atoms with Crippen molar-refractivity contribution in [1.29, 1.82) is 0 Å². The van der Waals surface area contributed by atoms with Gasteiger partial charge < -0.3 is 9.67 Å². The Morgan fingerprint density at radius 1 is 1.20 bits per heavy atom. The van der Waals surface area contributed by atoms with E-state index in [9.17, 15) is 5.11 Å². The lowest BCUT2D eigenvalue weighted by Crippen LogP contribution is -2.54. The van der Waals surface area contributed by atoms with Crippen molar-refractivity contribution in [2.75, 3.05) is 26.2 Å². The minimum absolute atomic E-state index is 0.259. The third-order valence-electron chi connectivity index (χ3n) is 5.02. The predicted molar refractivity (Wildman–Crippen MR) is 100 cm³/mol. The van der Waals surface area contributed by atoms with E-state index < -0.39 is 0 Å². The third-order valence-corrected chi connectivity index (χ3v) is 5.02. The molecule has 0 radical (unpaired) electrons. The van der Waals surface area contributed by atoms with Crippen molar-refractivity contribution >= 4 is 0 Å². The number of piperazine rings is 1. The highest BCUT2D eigenvalue weighted by molar-refractivity contribution is 5.15. The SMILES string of the molecule is CC[C@H]1CN(Cc2nccn2Cc2ccccc2)CCN1C[C@@H](C)O. The maximum atomic E-state index is 9.70. The van der Waals surface area contributed by atoms with Crippen molar-refractivity contribution < 1.29 is 5.11 Å². The summed E-state index contributed by atoms with van der Waals surface area (Å²) in [6.07, 6.45) is 4.83. The first-order valence-electron chi connectivity index (χ1n) is 9.34. The highest BCUT2D eigenvalue weighted by Crippen LogP contribution is 2.16. The van der Waals surface area contributed by atoms with Gasteiger partial charge in [0.2, 0.25) is 0 Å². The van der Waals surface area contributed by atoms with E-state index in [1.165, 1.54) is 5.56 Å². The quantitative estimate of drug-likeness (QED) is 0.838.